The number of carbonyl (C=O) groups is 1. The maximum atomic E-state index is 11.8. The van der Waals surface area contributed by atoms with Crippen LogP contribution in [0.3, 0.4) is 0 Å². The van der Waals surface area contributed by atoms with Crippen LogP contribution in [0.1, 0.15) is 32.8 Å². The third-order valence-corrected chi connectivity index (χ3v) is 2.90. The zero-order valence-corrected chi connectivity index (χ0v) is 12.9. The Labute approximate surface area is 117 Å². The van der Waals surface area contributed by atoms with Gasteiger partial charge in [0.1, 0.15) is 5.75 Å². The highest BCUT2D eigenvalue weighted by Crippen LogP contribution is 2.23. The molecule has 0 heterocycles. The van der Waals surface area contributed by atoms with Gasteiger partial charge in [-0.2, -0.15) is 0 Å². The first-order valence-corrected chi connectivity index (χ1v) is 6.70. The Morgan fingerprint density at radius 1 is 1.39 bits per heavy atom. The largest absolute Gasteiger partial charge is 0.496 e. The van der Waals surface area contributed by atoms with Gasteiger partial charge in [0.05, 0.1) is 7.11 Å². The molecular weight excluding hydrogens is 294 g/mol. The van der Waals surface area contributed by atoms with E-state index in [1.165, 1.54) is 0 Å². The number of amides is 1. The molecule has 0 aromatic heterocycles. The Balaban J connectivity index is 2.63. The van der Waals surface area contributed by atoms with Crippen molar-refractivity contribution in [2.24, 2.45) is 5.41 Å². The van der Waals surface area contributed by atoms with E-state index in [1.807, 2.05) is 39.0 Å². The Kier molecular flexibility index (Phi) is 5.20. The molecule has 1 N–H and O–H groups in total. The van der Waals surface area contributed by atoms with Crippen LogP contribution < -0.4 is 10.1 Å². The summed E-state index contributed by atoms with van der Waals surface area (Å²) in [4.78, 5) is 11.8. The third-order valence-electron chi connectivity index (χ3n) is 2.41. The normalized spacial score (nSPS) is 11.2. The number of hydrogen-bond donors (Lipinski definition) is 1. The van der Waals surface area contributed by atoms with Gasteiger partial charge in [0.15, 0.2) is 0 Å². The zero-order valence-electron chi connectivity index (χ0n) is 11.3. The van der Waals surface area contributed by atoms with E-state index in [1.54, 1.807) is 7.11 Å². The van der Waals surface area contributed by atoms with Gasteiger partial charge in [-0.15, -0.1) is 0 Å². The molecule has 1 aromatic rings. The van der Waals surface area contributed by atoms with Gasteiger partial charge in [0, 0.05) is 23.0 Å². The first-order valence-electron chi connectivity index (χ1n) is 5.91. The summed E-state index contributed by atoms with van der Waals surface area (Å²) in [7, 11) is 1.63. The fourth-order valence-corrected chi connectivity index (χ4v) is 2.03. The third kappa shape index (κ3) is 5.08. The molecule has 0 saturated carbocycles. The lowest BCUT2D eigenvalue weighted by molar-refractivity contribution is -0.122. The molecule has 0 radical (unpaired) electrons. The number of nitrogens with one attached hydrogen (secondary N) is 1. The average molecular weight is 314 g/mol. The van der Waals surface area contributed by atoms with E-state index >= 15 is 0 Å². The fourth-order valence-electron chi connectivity index (χ4n) is 1.62. The minimum Gasteiger partial charge on any atom is -0.496 e. The monoisotopic (exact) mass is 313 g/mol. The Hall–Kier alpha value is -1.03. The van der Waals surface area contributed by atoms with Crippen molar-refractivity contribution in [1.29, 1.82) is 0 Å². The van der Waals surface area contributed by atoms with E-state index < -0.39 is 0 Å². The second kappa shape index (κ2) is 6.23. The highest BCUT2D eigenvalue weighted by molar-refractivity contribution is 9.10. The van der Waals surface area contributed by atoms with E-state index in [2.05, 4.69) is 21.2 Å². The second-order valence-electron chi connectivity index (χ2n) is 5.47. The fraction of sp³-hybridized carbons (Fsp3) is 0.500. The van der Waals surface area contributed by atoms with Gasteiger partial charge in [-0.05, 0) is 23.6 Å². The molecule has 0 aliphatic carbocycles. The number of carbonyl (C=O) groups excluding carboxylic acids is 1. The topological polar surface area (TPSA) is 38.3 Å². The van der Waals surface area contributed by atoms with E-state index in [-0.39, 0.29) is 11.3 Å². The van der Waals surface area contributed by atoms with Crippen molar-refractivity contribution in [3.63, 3.8) is 0 Å². The Morgan fingerprint density at radius 2 is 2.06 bits per heavy atom. The van der Waals surface area contributed by atoms with E-state index in [9.17, 15) is 4.79 Å². The van der Waals surface area contributed by atoms with Crippen molar-refractivity contribution in [3.8, 4) is 5.75 Å². The van der Waals surface area contributed by atoms with E-state index in [0.29, 0.717) is 13.0 Å². The van der Waals surface area contributed by atoms with Crippen LogP contribution in [-0.4, -0.2) is 13.0 Å². The molecule has 1 rings (SSSR count). The first-order chi connectivity index (χ1) is 8.31. The second-order valence-corrected chi connectivity index (χ2v) is 6.39. The molecule has 0 fully saturated rings. The highest BCUT2D eigenvalue weighted by Gasteiger charge is 2.16. The van der Waals surface area contributed by atoms with Crippen molar-refractivity contribution < 1.29 is 9.53 Å². The van der Waals surface area contributed by atoms with E-state index in [0.717, 1.165) is 15.8 Å². The van der Waals surface area contributed by atoms with E-state index in [4.69, 9.17) is 4.74 Å². The van der Waals surface area contributed by atoms with Gasteiger partial charge in [0.25, 0.3) is 0 Å². The van der Waals surface area contributed by atoms with Crippen LogP contribution in [0, 0.1) is 5.41 Å². The summed E-state index contributed by atoms with van der Waals surface area (Å²) < 4.78 is 6.24. The average Bonchev–Trinajstić information content (AvgIpc) is 2.24. The molecule has 0 bridgehead atoms. The number of methoxy groups -OCH3 is 1. The summed E-state index contributed by atoms with van der Waals surface area (Å²) in [6.45, 7) is 6.63. The molecule has 0 atom stereocenters. The molecule has 0 saturated heterocycles. The summed E-state index contributed by atoms with van der Waals surface area (Å²) in [5.41, 5.74) is 0.972. The molecular formula is C14H20BrNO2. The van der Waals surface area contributed by atoms with Crippen molar-refractivity contribution in [1.82, 2.24) is 5.32 Å². The van der Waals surface area contributed by atoms with Crippen molar-refractivity contribution in [2.45, 2.75) is 33.7 Å². The zero-order chi connectivity index (χ0) is 13.8. The summed E-state index contributed by atoms with van der Waals surface area (Å²) >= 11 is 3.41. The van der Waals surface area contributed by atoms with Crippen LogP contribution in [0.4, 0.5) is 0 Å². The lowest BCUT2D eigenvalue weighted by atomic mass is 9.92. The number of ether oxygens (including phenoxy) is 1. The maximum Gasteiger partial charge on any atom is 0.220 e. The van der Waals surface area contributed by atoms with Crippen LogP contribution in [0.2, 0.25) is 0 Å². The maximum absolute atomic E-state index is 11.8. The molecule has 0 aliphatic rings. The van der Waals surface area contributed by atoms with Crippen molar-refractivity contribution >= 4 is 21.8 Å². The smallest absolute Gasteiger partial charge is 0.220 e. The number of hydrogen-bond acceptors (Lipinski definition) is 2. The van der Waals surface area contributed by atoms with Gasteiger partial charge in [-0.25, -0.2) is 0 Å². The Bertz CT molecular complexity index is 424. The molecule has 1 aromatic carbocycles. The van der Waals surface area contributed by atoms with Crippen molar-refractivity contribution in [2.75, 3.05) is 7.11 Å². The summed E-state index contributed by atoms with van der Waals surface area (Å²) in [6, 6.07) is 5.75. The lowest BCUT2D eigenvalue weighted by Crippen LogP contribution is -2.27. The van der Waals surface area contributed by atoms with Crippen LogP contribution >= 0.6 is 15.9 Å². The van der Waals surface area contributed by atoms with Crippen LogP contribution in [0.5, 0.6) is 5.75 Å². The molecule has 0 spiro atoms. The van der Waals surface area contributed by atoms with Crippen LogP contribution in [0.25, 0.3) is 0 Å². The summed E-state index contributed by atoms with van der Waals surface area (Å²) in [5, 5.41) is 2.92. The van der Waals surface area contributed by atoms with Gasteiger partial charge < -0.3 is 10.1 Å². The number of halogens is 1. The lowest BCUT2D eigenvalue weighted by Gasteiger charge is -2.17. The SMILES string of the molecule is COc1ccc(Br)cc1CNC(=O)CC(C)(C)C. The molecule has 1 amide bonds. The van der Waals surface area contributed by atoms with Crippen LogP contribution in [-0.2, 0) is 11.3 Å². The summed E-state index contributed by atoms with van der Waals surface area (Å²) in [6.07, 6.45) is 0.517. The first kappa shape index (κ1) is 15.0. The molecule has 0 unspecified atom stereocenters. The van der Waals surface area contributed by atoms with Gasteiger partial charge in [-0.1, -0.05) is 36.7 Å². The van der Waals surface area contributed by atoms with Crippen molar-refractivity contribution in [3.05, 3.63) is 28.2 Å². The molecule has 3 nitrogen and oxygen atoms in total. The molecule has 4 heteroatoms. The Morgan fingerprint density at radius 3 is 2.61 bits per heavy atom. The predicted molar refractivity (Wildman–Crippen MR) is 76.6 cm³/mol. The minimum atomic E-state index is 0.00540. The molecule has 0 aliphatic heterocycles. The van der Waals surface area contributed by atoms with Gasteiger partial charge in [-0.3, -0.25) is 4.79 Å². The van der Waals surface area contributed by atoms with Crippen LogP contribution in [0.15, 0.2) is 22.7 Å². The van der Waals surface area contributed by atoms with Gasteiger partial charge >= 0.3 is 0 Å². The molecule has 18 heavy (non-hydrogen) atoms. The standard InChI is InChI=1S/C14H20BrNO2/c1-14(2,3)8-13(17)16-9-10-7-11(15)5-6-12(10)18-4/h5-7H,8-9H2,1-4H3,(H,16,17). The quantitative estimate of drug-likeness (QED) is 0.923. The highest BCUT2D eigenvalue weighted by atomic mass is 79.9. The number of rotatable bonds is 4. The minimum absolute atomic E-state index is 0.00540. The molecule has 100 valence electrons. The number of benzene rings is 1. The summed E-state index contributed by atoms with van der Waals surface area (Å²) in [5.74, 6) is 0.846. The van der Waals surface area contributed by atoms with Gasteiger partial charge in [0.2, 0.25) is 5.91 Å². The predicted octanol–water partition coefficient (Wildman–Crippen LogP) is 3.51.